The first kappa shape index (κ1) is 19.0. The van der Waals surface area contributed by atoms with Crippen molar-refractivity contribution >= 4 is 23.4 Å². The van der Waals surface area contributed by atoms with Crippen LogP contribution in [0, 0.1) is 5.92 Å². The number of nitrogens with one attached hydrogen (secondary N) is 1. The minimum absolute atomic E-state index is 0.0292. The highest BCUT2D eigenvalue weighted by molar-refractivity contribution is 7.99. The van der Waals surface area contributed by atoms with E-state index in [1.165, 1.54) is 16.3 Å². The number of aromatic amines is 1. The molecule has 0 radical (unpaired) electrons. The average Bonchev–Trinajstić information content (AvgIpc) is 2.97. The normalized spacial score (nSPS) is 11.4. The highest BCUT2D eigenvalue weighted by Gasteiger charge is 2.21. The molecule has 0 bridgehead atoms. The van der Waals surface area contributed by atoms with Crippen molar-refractivity contribution < 1.29 is 4.79 Å². The molecule has 136 valence electrons. The van der Waals surface area contributed by atoms with Gasteiger partial charge in [0.15, 0.2) is 10.9 Å². The van der Waals surface area contributed by atoms with E-state index >= 15 is 0 Å². The average molecular weight is 366 g/mol. The van der Waals surface area contributed by atoms with Crippen molar-refractivity contribution in [2.75, 3.05) is 11.5 Å². The van der Waals surface area contributed by atoms with Gasteiger partial charge in [-0.15, -0.1) is 10.2 Å². The fourth-order valence-corrected chi connectivity index (χ4v) is 3.21. The number of carbonyl (C=O) groups is 1. The van der Waals surface area contributed by atoms with E-state index in [1.54, 1.807) is 6.33 Å². The molecule has 2 aromatic rings. The van der Waals surface area contributed by atoms with Gasteiger partial charge in [0, 0.05) is 12.6 Å². The number of thioether (sulfide) groups is 1. The minimum atomic E-state index is -0.765. The van der Waals surface area contributed by atoms with Gasteiger partial charge in [0.05, 0.1) is 5.75 Å². The van der Waals surface area contributed by atoms with E-state index in [2.05, 4.69) is 15.2 Å². The van der Waals surface area contributed by atoms with Crippen LogP contribution in [-0.2, 0) is 6.54 Å². The van der Waals surface area contributed by atoms with Crippen LogP contribution in [0.3, 0.4) is 0 Å². The molecule has 0 saturated carbocycles. The Balaban J connectivity index is 2.28. The Hall–Kier alpha value is -2.36. The third-order valence-corrected chi connectivity index (χ3v) is 4.45. The van der Waals surface area contributed by atoms with Gasteiger partial charge in [-0.05, 0) is 19.8 Å². The van der Waals surface area contributed by atoms with E-state index in [-0.39, 0.29) is 29.1 Å². The molecule has 2 aromatic heterocycles. The van der Waals surface area contributed by atoms with Gasteiger partial charge in [-0.25, -0.2) is 4.79 Å². The Kier molecular flexibility index (Phi) is 5.83. The number of H-pyrrole nitrogens is 1. The van der Waals surface area contributed by atoms with Crippen LogP contribution in [0.1, 0.15) is 44.1 Å². The lowest BCUT2D eigenvalue weighted by molar-refractivity contribution is 0.102. The summed E-state index contributed by atoms with van der Waals surface area (Å²) in [6.07, 6.45) is 1.58. The van der Waals surface area contributed by atoms with Gasteiger partial charge in [-0.3, -0.25) is 19.1 Å². The molecular formula is C15H22N6O3S. The lowest BCUT2D eigenvalue weighted by Crippen LogP contribution is -2.37. The summed E-state index contributed by atoms with van der Waals surface area (Å²) >= 11 is 1.17. The summed E-state index contributed by atoms with van der Waals surface area (Å²) in [5.74, 6) is -0.454. The molecule has 25 heavy (non-hydrogen) atoms. The first-order valence-electron chi connectivity index (χ1n) is 7.90. The Morgan fingerprint density at radius 3 is 2.60 bits per heavy atom. The van der Waals surface area contributed by atoms with Gasteiger partial charge in [0.2, 0.25) is 0 Å². The quantitative estimate of drug-likeness (QED) is 0.550. The zero-order chi connectivity index (χ0) is 18.7. The summed E-state index contributed by atoms with van der Waals surface area (Å²) in [6, 6.07) is 0.147. The molecule has 0 aliphatic carbocycles. The molecule has 0 unspecified atom stereocenters. The molecule has 2 rings (SSSR count). The molecule has 3 N–H and O–H groups in total. The maximum Gasteiger partial charge on any atom is 0.329 e. The first-order chi connectivity index (χ1) is 11.7. The number of nitrogen functional groups attached to an aromatic ring is 1. The first-order valence-corrected chi connectivity index (χ1v) is 8.89. The summed E-state index contributed by atoms with van der Waals surface area (Å²) in [4.78, 5) is 38.7. The van der Waals surface area contributed by atoms with Gasteiger partial charge in [-0.1, -0.05) is 25.6 Å². The van der Waals surface area contributed by atoms with Crippen molar-refractivity contribution in [3.8, 4) is 0 Å². The molecule has 2 heterocycles. The van der Waals surface area contributed by atoms with Crippen molar-refractivity contribution in [2.45, 2.75) is 45.4 Å². The van der Waals surface area contributed by atoms with E-state index < -0.39 is 17.0 Å². The van der Waals surface area contributed by atoms with Gasteiger partial charge in [0.1, 0.15) is 17.7 Å². The molecule has 0 fully saturated rings. The summed E-state index contributed by atoms with van der Waals surface area (Å²) in [6.45, 7) is 8.08. The number of anilines is 1. The van der Waals surface area contributed by atoms with Gasteiger partial charge < -0.3 is 10.3 Å². The summed E-state index contributed by atoms with van der Waals surface area (Å²) in [7, 11) is 0. The number of ketones is 1. The maximum atomic E-state index is 12.5. The van der Waals surface area contributed by atoms with E-state index in [1.807, 2.05) is 32.3 Å². The zero-order valence-corrected chi connectivity index (χ0v) is 15.5. The predicted octanol–water partition coefficient (Wildman–Crippen LogP) is 0.922. The van der Waals surface area contributed by atoms with Gasteiger partial charge in [-0.2, -0.15) is 0 Å². The Morgan fingerprint density at radius 2 is 2.00 bits per heavy atom. The van der Waals surface area contributed by atoms with Crippen LogP contribution in [0.2, 0.25) is 0 Å². The largest absolute Gasteiger partial charge is 0.384 e. The second-order valence-corrected chi connectivity index (χ2v) is 7.29. The monoisotopic (exact) mass is 366 g/mol. The summed E-state index contributed by atoms with van der Waals surface area (Å²) < 4.78 is 3.05. The van der Waals surface area contributed by atoms with E-state index in [4.69, 9.17) is 5.73 Å². The standard InChI is InChI=1S/C15H22N6O3S/c1-8(2)5-20-12(16)11(13(23)18-14(20)24)10(22)6-25-15-19-17-7-21(15)9(3)4/h7-9H,5-6,16H2,1-4H3,(H,18,23,24). The van der Waals surface area contributed by atoms with Crippen LogP contribution in [0.15, 0.2) is 21.1 Å². The van der Waals surface area contributed by atoms with Crippen molar-refractivity contribution in [3.63, 3.8) is 0 Å². The number of hydrogen-bond donors (Lipinski definition) is 2. The molecule has 10 heteroatoms. The summed E-state index contributed by atoms with van der Waals surface area (Å²) in [5.41, 5.74) is 4.37. The van der Waals surface area contributed by atoms with Gasteiger partial charge in [0.25, 0.3) is 5.56 Å². The van der Waals surface area contributed by atoms with Crippen molar-refractivity contribution in [2.24, 2.45) is 5.92 Å². The van der Waals surface area contributed by atoms with E-state index in [9.17, 15) is 14.4 Å². The molecule has 9 nitrogen and oxygen atoms in total. The number of nitrogens with zero attached hydrogens (tertiary/aromatic N) is 4. The lowest BCUT2D eigenvalue weighted by Gasteiger charge is -2.14. The smallest absolute Gasteiger partial charge is 0.329 e. The minimum Gasteiger partial charge on any atom is -0.384 e. The number of nitrogens with two attached hydrogens (primary N) is 1. The SMILES string of the molecule is CC(C)Cn1c(N)c(C(=O)CSc2nncn2C(C)C)c(=O)[nH]c1=O. The highest BCUT2D eigenvalue weighted by atomic mass is 32.2. The van der Waals surface area contributed by atoms with Crippen LogP contribution in [0.5, 0.6) is 0 Å². The third-order valence-electron chi connectivity index (χ3n) is 3.50. The summed E-state index contributed by atoms with van der Waals surface area (Å²) in [5, 5.41) is 8.38. The molecule has 0 aromatic carbocycles. The van der Waals surface area contributed by atoms with Crippen LogP contribution in [-0.4, -0.2) is 35.9 Å². The zero-order valence-electron chi connectivity index (χ0n) is 14.6. The predicted molar refractivity (Wildman–Crippen MR) is 96.0 cm³/mol. The maximum absolute atomic E-state index is 12.5. The Bertz CT molecular complexity index is 880. The van der Waals surface area contributed by atoms with Crippen molar-refractivity contribution in [1.29, 1.82) is 0 Å². The topological polar surface area (TPSA) is 129 Å². The molecule has 0 aliphatic heterocycles. The highest BCUT2D eigenvalue weighted by Crippen LogP contribution is 2.20. The van der Waals surface area contributed by atoms with E-state index in [0.717, 1.165) is 0 Å². The van der Waals surface area contributed by atoms with Crippen molar-refractivity contribution in [1.82, 2.24) is 24.3 Å². The molecule has 0 atom stereocenters. The van der Waals surface area contributed by atoms with Crippen molar-refractivity contribution in [3.05, 3.63) is 32.7 Å². The number of hydrogen-bond acceptors (Lipinski definition) is 7. The third kappa shape index (κ3) is 4.19. The number of aromatic nitrogens is 5. The van der Waals surface area contributed by atoms with Crippen LogP contribution in [0.4, 0.5) is 5.82 Å². The Morgan fingerprint density at radius 1 is 1.32 bits per heavy atom. The number of rotatable bonds is 7. The van der Waals surface area contributed by atoms with Gasteiger partial charge >= 0.3 is 5.69 Å². The fraction of sp³-hybridized carbons (Fsp3) is 0.533. The molecular weight excluding hydrogens is 344 g/mol. The second kappa shape index (κ2) is 7.68. The van der Waals surface area contributed by atoms with Crippen LogP contribution in [0.25, 0.3) is 0 Å². The molecule has 0 spiro atoms. The van der Waals surface area contributed by atoms with E-state index in [0.29, 0.717) is 11.7 Å². The lowest BCUT2D eigenvalue weighted by atomic mass is 10.2. The molecule has 0 saturated heterocycles. The second-order valence-electron chi connectivity index (χ2n) is 6.35. The van der Waals surface area contributed by atoms with Crippen LogP contribution >= 0.6 is 11.8 Å². The fourth-order valence-electron chi connectivity index (χ4n) is 2.30. The Labute approximate surface area is 148 Å². The number of Topliss-reactive ketones (excluding diaryl/α,β-unsaturated/α-hetero) is 1. The molecule has 0 amide bonds. The molecule has 0 aliphatic rings. The van der Waals surface area contributed by atoms with Crippen LogP contribution < -0.4 is 17.0 Å². The number of carbonyl (C=O) groups excluding carboxylic acids is 1.